The largest absolute Gasteiger partial charge is 0.356 e. The summed E-state index contributed by atoms with van der Waals surface area (Å²) in [5, 5.41) is 3.27. The Hall–Kier alpha value is -1.78. The molecule has 1 aromatic carbocycles. The van der Waals surface area contributed by atoms with E-state index in [2.05, 4.69) is 10.3 Å². The highest BCUT2D eigenvalue weighted by Gasteiger charge is 2.12. The molecule has 0 bridgehead atoms. The number of benzene rings is 1. The molecule has 1 aromatic heterocycles. The van der Waals surface area contributed by atoms with Crippen LogP contribution in [0.1, 0.15) is 20.8 Å². The minimum atomic E-state index is -0.418. The van der Waals surface area contributed by atoms with Crippen molar-refractivity contribution in [2.45, 2.75) is 0 Å². The molecular weight excluding hydrogens is 275 g/mol. The number of hydrogen-bond donors (Lipinski definition) is 2. The van der Waals surface area contributed by atoms with Crippen LogP contribution >= 0.6 is 23.2 Å². The lowest BCUT2D eigenvalue weighted by Gasteiger charge is -2.07. The molecule has 0 fully saturated rings. The third-order valence-electron chi connectivity index (χ3n) is 2.29. The second kappa shape index (κ2) is 5.25. The normalized spacial score (nSPS) is 10.1. The smallest absolute Gasteiger partial charge is 0.272 e. The van der Waals surface area contributed by atoms with Gasteiger partial charge in [0.1, 0.15) is 5.69 Å². The van der Waals surface area contributed by atoms with E-state index in [1.807, 2.05) is 0 Å². The number of para-hydroxylation sites is 1. The van der Waals surface area contributed by atoms with Crippen LogP contribution in [0.2, 0.25) is 10.0 Å². The Morgan fingerprint density at radius 3 is 2.50 bits per heavy atom. The summed E-state index contributed by atoms with van der Waals surface area (Å²) in [5.41, 5.74) is 0.992. The van der Waals surface area contributed by atoms with E-state index in [-0.39, 0.29) is 5.69 Å². The highest BCUT2D eigenvalue weighted by molar-refractivity contribution is 6.40. The third kappa shape index (κ3) is 2.55. The molecule has 0 saturated heterocycles. The van der Waals surface area contributed by atoms with E-state index in [1.54, 1.807) is 18.2 Å². The molecule has 2 rings (SSSR count). The van der Waals surface area contributed by atoms with Crippen molar-refractivity contribution < 1.29 is 9.59 Å². The summed E-state index contributed by atoms with van der Waals surface area (Å²) in [6.45, 7) is 0. The molecule has 2 aromatic rings. The monoisotopic (exact) mass is 282 g/mol. The molecule has 0 atom stereocenters. The SMILES string of the molecule is O=Cc1c[nH]c(C(=O)Nc2c(Cl)cccc2Cl)c1. The number of H-pyrrole nitrogens is 1. The van der Waals surface area contributed by atoms with Gasteiger partial charge in [0.05, 0.1) is 15.7 Å². The molecular formula is C12H8Cl2N2O2. The highest BCUT2D eigenvalue weighted by atomic mass is 35.5. The van der Waals surface area contributed by atoms with Crippen molar-refractivity contribution in [3.8, 4) is 0 Å². The van der Waals surface area contributed by atoms with Crippen LogP contribution in [0.15, 0.2) is 30.5 Å². The number of rotatable bonds is 3. The van der Waals surface area contributed by atoms with Crippen LogP contribution in [0.3, 0.4) is 0 Å². The van der Waals surface area contributed by atoms with Gasteiger partial charge >= 0.3 is 0 Å². The first-order valence-corrected chi connectivity index (χ1v) is 5.76. The van der Waals surface area contributed by atoms with Gasteiger partial charge in [-0.2, -0.15) is 0 Å². The predicted octanol–water partition coefficient (Wildman–Crippen LogP) is 3.39. The number of aromatic nitrogens is 1. The highest BCUT2D eigenvalue weighted by Crippen LogP contribution is 2.30. The van der Waals surface area contributed by atoms with Gasteiger partial charge in [-0.15, -0.1) is 0 Å². The molecule has 0 radical (unpaired) electrons. The zero-order valence-electron chi connectivity index (χ0n) is 9.04. The van der Waals surface area contributed by atoms with E-state index in [0.29, 0.717) is 27.6 Å². The van der Waals surface area contributed by atoms with Crippen molar-refractivity contribution in [2.75, 3.05) is 5.32 Å². The Morgan fingerprint density at radius 1 is 1.28 bits per heavy atom. The van der Waals surface area contributed by atoms with E-state index in [0.717, 1.165) is 0 Å². The van der Waals surface area contributed by atoms with Gasteiger partial charge < -0.3 is 10.3 Å². The predicted molar refractivity (Wildman–Crippen MR) is 70.6 cm³/mol. The summed E-state index contributed by atoms with van der Waals surface area (Å²) < 4.78 is 0. The van der Waals surface area contributed by atoms with Crippen LogP contribution in [0.25, 0.3) is 0 Å². The summed E-state index contributed by atoms with van der Waals surface area (Å²) in [4.78, 5) is 25.1. The minimum absolute atomic E-state index is 0.257. The number of anilines is 1. The van der Waals surface area contributed by atoms with Crippen LogP contribution in [-0.2, 0) is 0 Å². The molecule has 6 heteroatoms. The number of carbonyl (C=O) groups excluding carboxylic acids is 2. The van der Waals surface area contributed by atoms with E-state index >= 15 is 0 Å². The summed E-state index contributed by atoms with van der Waals surface area (Å²) >= 11 is 11.9. The molecule has 4 nitrogen and oxygen atoms in total. The maximum atomic E-state index is 11.9. The van der Waals surface area contributed by atoms with Gasteiger partial charge in [0.25, 0.3) is 5.91 Å². The second-order valence-electron chi connectivity index (χ2n) is 3.52. The fourth-order valence-corrected chi connectivity index (χ4v) is 1.90. The standard InChI is InChI=1S/C12H8Cl2N2O2/c13-8-2-1-3-9(14)11(8)16-12(18)10-4-7(6-17)5-15-10/h1-6,15H,(H,16,18). The number of halogens is 2. The Kier molecular flexibility index (Phi) is 3.69. The Bertz CT molecular complexity index is 588. The van der Waals surface area contributed by atoms with Gasteiger partial charge in [-0.1, -0.05) is 29.3 Å². The number of hydrogen-bond acceptors (Lipinski definition) is 2. The molecule has 0 saturated carbocycles. The molecule has 2 N–H and O–H groups in total. The summed E-state index contributed by atoms with van der Waals surface area (Å²) in [7, 11) is 0. The molecule has 0 aliphatic rings. The molecule has 1 amide bonds. The van der Waals surface area contributed by atoms with Crippen molar-refractivity contribution in [1.82, 2.24) is 4.98 Å². The number of amides is 1. The van der Waals surface area contributed by atoms with E-state index in [9.17, 15) is 9.59 Å². The van der Waals surface area contributed by atoms with Gasteiger partial charge in [0, 0.05) is 11.8 Å². The van der Waals surface area contributed by atoms with Gasteiger partial charge in [-0.3, -0.25) is 9.59 Å². The van der Waals surface area contributed by atoms with Crippen LogP contribution in [-0.4, -0.2) is 17.2 Å². The Balaban J connectivity index is 2.23. The van der Waals surface area contributed by atoms with Crippen molar-refractivity contribution in [2.24, 2.45) is 0 Å². The molecule has 0 aliphatic carbocycles. The fraction of sp³-hybridized carbons (Fsp3) is 0. The molecule has 92 valence electrons. The molecule has 1 heterocycles. The lowest BCUT2D eigenvalue weighted by atomic mass is 10.3. The summed E-state index contributed by atoms with van der Waals surface area (Å²) in [5.74, 6) is -0.418. The van der Waals surface area contributed by atoms with Gasteiger partial charge in [0.2, 0.25) is 0 Å². The molecule has 0 unspecified atom stereocenters. The first-order valence-electron chi connectivity index (χ1n) is 5.01. The van der Waals surface area contributed by atoms with E-state index in [4.69, 9.17) is 23.2 Å². The number of carbonyl (C=O) groups is 2. The van der Waals surface area contributed by atoms with E-state index in [1.165, 1.54) is 12.3 Å². The Labute approximate surface area is 113 Å². The van der Waals surface area contributed by atoms with Crippen LogP contribution < -0.4 is 5.32 Å². The maximum Gasteiger partial charge on any atom is 0.272 e. The summed E-state index contributed by atoms with van der Waals surface area (Å²) in [6.07, 6.45) is 2.09. The average Bonchev–Trinajstić information content (AvgIpc) is 2.82. The van der Waals surface area contributed by atoms with Crippen molar-refractivity contribution in [1.29, 1.82) is 0 Å². The van der Waals surface area contributed by atoms with Crippen LogP contribution in [0, 0.1) is 0 Å². The van der Waals surface area contributed by atoms with Crippen molar-refractivity contribution in [3.63, 3.8) is 0 Å². The number of aldehydes is 1. The molecule has 0 spiro atoms. The molecule has 18 heavy (non-hydrogen) atoms. The lowest BCUT2D eigenvalue weighted by molar-refractivity contribution is 0.102. The number of aromatic amines is 1. The van der Waals surface area contributed by atoms with Crippen LogP contribution in [0.5, 0.6) is 0 Å². The Morgan fingerprint density at radius 2 is 1.94 bits per heavy atom. The maximum absolute atomic E-state index is 11.9. The van der Waals surface area contributed by atoms with Crippen molar-refractivity contribution >= 4 is 41.1 Å². The fourth-order valence-electron chi connectivity index (χ4n) is 1.41. The third-order valence-corrected chi connectivity index (χ3v) is 2.92. The van der Waals surface area contributed by atoms with Crippen molar-refractivity contribution in [3.05, 3.63) is 51.8 Å². The first kappa shape index (κ1) is 12.7. The van der Waals surface area contributed by atoms with Gasteiger partial charge in [0.15, 0.2) is 6.29 Å². The van der Waals surface area contributed by atoms with E-state index < -0.39 is 5.91 Å². The quantitative estimate of drug-likeness (QED) is 0.848. The molecule has 0 aliphatic heterocycles. The van der Waals surface area contributed by atoms with Gasteiger partial charge in [-0.25, -0.2) is 0 Å². The average molecular weight is 283 g/mol. The number of nitrogens with one attached hydrogen (secondary N) is 2. The minimum Gasteiger partial charge on any atom is -0.356 e. The topological polar surface area (TPSA) is 62.0 Å². The van der Waals surface area contributed by atoms with Crippen LogP contribution in [0.4, 0.5) is 5.69 Å². The lowest BCUT2D eigenvalue weighted by Crippen LogP contribution is -2.12. The zero-order valence-corrected chi connectivity index (χ0v) is 10.5. The zero-order chi connectivity index (χ0) is 13.1. The first-order chi connectivity index (χ1) is 8.61. The van der Waals surface area contributed by atoms with Gasteiger partial charge in [-0.05, 0) is 18.2 Å². The summed E-state index contributed by atoms with van der Waals surface area (Å²) in [6, 6.07) is 6.36. The second-order valence-corrected chi connectivity index (χ2v) is 4.33.